The Balaban J connectivity index is 1.63. The van der Waals surface area contributed by atoms with Crippen LogP contribution in [0.4, 0.5) is 19.4 Å². The molecule has 2 aliphatic heterocycles. The Morgan fingerprint density at radius 1 is 1.17 bits per heavy atom. The van der Waals surface area contributed by atoms with E-state index in [1.807, 2.05) is 18.7 Å². The van der Waals surface area contributed by atoms with Crippen molar-refractivity contribution >= 4 is 34.9 Å². The number of nitrogens with two attached hydrogens (primary N) is 1. The average Bonchev–Trinajstić information content (AvgIpc) is 2.87. The molecule has 1 atom stereocenters. The van der Waals surface area contributed by atoms with E-state index in [4.69, 9.17) is 32.0 Å². The number of Topliss-reactive ketones (excluding diaryl/α,β-unsaturated/α-hetero) is 1. The monoisotopic (exact) mass is 607 g/mol. The lowest BCUT2D eigenvalue weighted by Crippen LogP contribution is -2.73. The molecule has 2 saturated heterocycles. The molecule has 1 spiro atoms. The van der Waals surface area contributed by atoms with Gasteiger partial charge in [-0.1, -0.05) is 24.9 Å². The Hall–Kier alpha value is -3.51. The summed E-state index contributed by atoms with van der Waals surface area (Å²) in [7, 11) is 0. The van der Waals surface area contributed by atoms with Crippen LogP contribution in [0.25, 0.3) is 17.0 Å². The van der Waals surface area contributed by atoms with Crippen molar-refractivity contribution in [2.24, 2.45) is 11.1 Å². The molecule has 3 N–H and O–H groups in total. The quantitative estimate of drug-likeness (QED) is 0.356. The van der Waals surface area contributed by atoms with Gasteiger partial charge in [0.25, 0.3) is 6.43 Å². The van der Waals surface area contributed by atoms with Crippen molar-refractivity contribution < 1.29 is 33.0 Å². The number of hydrogen-bond donors (Lipinski definition) is 2. The fourth-order valence-electron chi connectivity index (χ4n) is 5.41. The lowest BCUT2D eigenvalue weighted by molar-refractivity contribution is -0.111. The number of likely N-dealkylation sites (tertiary alicyclic amines) is 1. The molecule has 42 heavy (non-hydrogen) atoms. The Morgan fingerprint density at radius 2 is 1.86 bits per heavy atom. The summed E-state index contributed by atoms with van der Waals surface area (Å²) >= 11 is 6.59. The highest BCUT2D eigenvalue weighted by molar-refractivity contribution is 6.33. The van der Waals surface area contributed by atoms with Gasteiger partial charge in [-0.3, -0.25) is 4.79 Å². The van der Waals surface area contributed by atoms with Crippen LogP contribution in [0.3, 0.4) is 0 Å². The Morgan fingerprint density at radius 3 is 2.45 bits per heavy atom. The number of anilines is 1. The number of ketones is 1. The molecule has 4 rings (SSSR count). The zero-order chi connectivity index (χ0) is 30.8. The molecule has 2 aliphatic rings. The largest absolute Gasteiger partial charge is 0.491 e. The number of nitrogens with zero attached hydrogens (tertiary/aromatic N) is 4. The van der Waals surface area contributed by atoms with E-state index in [9.17, 15) is 23.5 Å². The maximum atomic E-state index is 12.6. The topological polar surface area (TPSA) is 131 Å². The minimum absolute atomic E-state index is 0.117. The third kappa shape index (κ3) is 6.75. The van der Waals surface area contributed by atoms with Crippen LogP contribution in [0.2, 0.25) is 5.02 Å². The van der Waals surface area contributed by atoms with Crippen molar-refractivity contribution in [3.63, 3.8) is 0 Å². The molecule has 1 aromatic carbocycles. The van der Waals surface area contributed by atoms with Gasteiger partial charge in [-0.15, -0.1) is 0 Å². The van der Waals surface area contributed by atoms with Crippen molar-refractivity contribution in [3.8, 4) is 17.1 Å². The van der Waals surface area contributed by atoms with Crippen LogP contribution in [0.1, 0.15) is 44.9 Å². The number of aromatic nitrogens is 2. The van der Waals surface area contributed by atoms with Gasteiger partial charge >= 0.3 is 6.09 Å². The molecule has 2 aromatic rings. The van der Waals surface area contributed by atoms with Gasteiger partial charge in [0.1, 0.15) is 18.2 Å². The van der Waals surface area contributed by atoms with E-state index in [1.54, 1.807) is 25.1 Å². The first-order chi connectivity index (χ1) is 19.8. The van der Waals surface area contributed by atoms with E-state index in [0.29, 0.717) is 71.7 Å². The van der Waals surface area contributed by atoms with Gasteiger partial charge in [0.05, 0.1) is 22.4 Å². The SMILES string of the molecule is CCC[C@@H](O)COc1ccc(Cl)c(-c2nc(C(C(C)=O)=C(C)N)c(C)c(N3CC4(CN(C(=O)OCC(F)F)C4)C3)n2)c1. The minimum Gasteiger partial charge on any atom is -0.491 e. The standard InChI is InChI=1S/C29H36ClF2N5O5/c1-5-6-19(39)10-41-20-7-8-22(30)21(9-20)26-34-25(24(17(3)33)18(4)38)16(2)27(35-26)36-12-29(13-36)14-37(15-29)28(40)42-11-23(31)32/h7-9,19,23,39H,5-6,10-15,33H2,1-4H3/t19-/m1/s1. The molecule has 3 heterocycles. The molecule has 0 aliphatic carbocycles. The van der Waals surface area contributed by atoms with Crippen molar-refractivity contribution in [1.82, 2.24) is 14.9 Å². The van der Waals surface area contributed by atoms with Crippen LogP contribution < -0.4 is 15.4 Å². The number of alkyl halides is 2. The van der Waals surface area contributed by atoms with Gasteiger partial charge in [-0.05, 0) is 45.4 Å². The molecule has 228 valence electrons. The number of aliphatic hydroxyl groups is 1. The van der Waals surface area contributed by atoms with Crippen molar-refractivity contribution in [2.75, 3.05) is 44.3 Å². The predicted octanol–water partition coefficient (Wildman–Crippen LogP) is 4.45. The number of amides is 1. The highest BCUT2D eigenvalue weighted by atomic mass is 35.5. The summed E-state index contributed by atoms with van der Waals surface area (Å²) in [6.45, 7) is 7.90. The summed E-state index contributed by atoms with van der Waals surface area (Å²) in [5, 5.41) is 10.5. The van der Waals surface area contributed by atoms with E-state index < -0.39 is 25.2 Å². The Labute approximate surface area is 248 Å². The molecule has 0 radical (unpaired) electrons. The lowest BCUT2D eigenvalue weighted by atomic mass is 9.73. The summed E-state index contributed by atoms with van der Waals surface area (Å²) in [5.41, 5.74) is 8.01. The molecule has 10 nitrogen and oxygen atoms in total. The molecule has 1 aromatic heterocycles. The number of aliphatic hydroxyl groups excluding tert-OH is 1. The molecule has 0 saturated carbocycles. The fraction of sp³-hybridized carbons (Fsp3) is 0.517. The van der Waals surface area contributed by atoms with Crippen LogP contribution in [0, 0.1) is 12.3 Å². The van der Waals surface area contributed by atoms with Crippen LogP contribution in [0.5, 0.6) is 5.75 Å². The summed E-state index contributed by atoms with van der Waals surface area (Å²) in [6, 6.07) is 5.04. The minimum atomic E-state index is -2.72. The zero-order valence-corrected chi connectivity index (χ0v) is 24.9. The van der Waals surface area contributed by atoms with Crippen LogP contribution >= 0.6 is 11.6 Å². The highest BCUT2D eigenvalue weighted by Crippen LogP contribution is 2.44. The molecular weight excluding hydrogens is 572 g/mol. The third-order valence-corrected chi connectivity index (χ3v) is 7.67. The second kappa shape index (κ2) is 12.8. The molecule has 13 heteroatoms. The third-order valence-electron chi connectivity index (χ3n) is 7.34. The number of hydrogen-bond acceptors (Lipinski definition) is 9. The smallest absolute Gasteiger partial charge is 0.410 e. The number of ether oxygens (including phenoxy) is 2. The number of carbonyl (C=O) groups excluding carboxylic acids is 2. The first-order valence-corrected chi connectivity index (χ1v) is 14.1. The number of carbonyl (C=O) groups is 2. The number of allylic oxidation sites excluding steroid dienone is 2. The van der Waals surface area contributed by atoms with Gasteiger partial charge in [0, 0.05) is 48.4 Å². The van der Waals surface area contributed by atoms with E-state index in [-0.39, 0.29) is 29.2 Å². The number of benzene rings is 1. The summed E-state index contributed by atoms with van der Waals surface area (Å²) in [5.74, 6) is 1.08. The normalized spacial score (nSPS) is 17.0. The van der Waals surface area contributed by atoms with Gasteiger partial charge in [0.15, 0.2) is 18.2 Å². The van der Waals surface area contributed by atoms with Gasteiger partial charge in [-0.2, -0.15) is 0 Å². The fourth-order valence-corrected chi connectivity index (χ4v) is 5.62. The highest BCUT2D eigenvalue weighted by Gasteiger charge is 2.54. The summed E-state index contributed by atoms with van der Waals surface area (Å²) in [4.78, 5) is 37.7. The number of halogens is 3. The van der Waals surface area contributed by atoms with Crippen LogP contribution in [0.15, 0.2) is 23.9 Å². The first kappa shape index (κ1) is 31.4. The number of rotatable bonds is 11. The zero-order valence-electron chi connectivity index (χ0n) is 24.1. The van der Waals surface area contributed by atoms with E-state index in [1.165, 1.54) is 11.8 Å². The Bertz CT molecular complexity index is 1370. The van der Waals surface area contributed by atoms with Crippen LogP contribution in [-0.4, -0.2) is 83.8 Å². The summed E-state index contributed by atoms with van der Waals surface area (Å²) < 4.78 is 35.2. The average molecular weight is 608 g/mol. The maximum Gasteiger partial charge on any atom is 0.410 e. The second-order valence-corrected chi connectivity index (χ2v) is 11.4. The summed E-state index contributed by atoms with van der Waals surface area (Å²) in [6.07, 6.45) is -2.64. The molecule has 0 unspecified atom stereocenters. The van der Waals surface area contributed by atoms with Gasteiger partial charge < -0.3 is 30.1 Å². The molecule has 2 fully saturated rings. The second-order valence-electron chi connectivity index (χ2n) is 11.0. The molecule has 1 amide bonds. The lowest BCUT2D eigenvalue weighted by Gasteiger charge is -2.60. The van der Waals surface area contributed by atoms with E-state index in [0.717, 1.165) is 6.42 Å². The molecule has 0 bridgehead atoms. The van der Waals surface area contributed by atoms with Gasteiger partial charge in [-0.25, -0.2) is 23.5 Å². The van der Waals surface area contributed by atoms with E-state index >= 15 is 0 Å². The van der Waals surface area contributed by atoms with Crippen molar-refractivity contribution in [2.45, 2.75) is 53.1 Å². The van der Waals surface area contributed by atoms with Crippen molar-refractivity contribution in [1.29, 1.82) is 0 Å². The predicted molar refractivity (Wildman–Crippen MR) is 155 cm³/mol. The van der Waals surface area contributed by atoms with Crippen molar-refractivity contribution in [3.05, 3.63) is 40.2 Å². The maximum absolute atomic E-state index is 12.6. The van der Waals surface area contributed by atoms with Gasteiger partial charge in [0.2, 0.25) is 0 Å². The molecular formula is C29H36ClF2N5O5. The Kier molecular flexibility index (Phi) is 9.56. The first-order valence-electron chi connectivity index (χ1n) is 13.8. The van der Waals surface area contributed by atoms with E-state index in [2.05, 4.69) is 4.74 Å². The van der Waals surface area contributed by atoms with Crippen LogP contribution in [-0.2, 0) is 9.53 Å².